The number of nitrogens with zero attached hydrogens (tertiary/aromatic N) is 2. The third kappa shape index (κ3) is 4.00. The number of halogens is 1. The van der Waals surface area contributed by atoms with Gasteiger partial charge in [0.25, 0.3) is 5.91 Å². The van der Waals surface area contributed by atoms with Crippen molar-refractivity contribution in [2.24, 2.45) is 0 Å². The summed E-state index contributed by atoms with van der Waals surface area (Å²) < 4.78 is 6.20. The molecule has 8 heteroatoms. The number of hydrogen-bond donors (Lipinski definition) is 3. The Morgan fingerprint density at radius 2 is 2.03 bits per heavy atom. The molecule has 3 heterocycles. The Labute approximate surface area is 196 Å². The van der Waals surface area contributed by atoms with Crippen molar-refractivity contribution in [1.29, 1.82) is 0 Å². The number of amides is 1. The van der Waals surface area contributed by atoms with Crippen molar-refractivity contribution in [2.75, 3.05) is 10.6 Å². The molecule has 1 aliphatic heterocycles. The third-order valence-corrected chi connectivity index (χ3v) is 5.98. The van der Waals surface area contributed by atoms with E-state index in [2.05, 4.69) is 20.6 Å². The number of imidazole rings is 1. The van der Waals surface area contributed by atoms with Crippen LogP contribution in [-0.4, -0.2) is 26.5 Å². The summed E-state index contributed by atoms with van der Waals surface area (Å²) in [5, 5.41) is 6.76. The zero-order valence-electron chi connectivity index (χ0n) is 18.8. The summed E-state index contributed by atoms with van der Waals surface area (Å²) in [6.45, 7) is 7.93. The fraction of sp³-hybridized carbons (Fsp3) is 0.240. The molecule has 7 nitrogen and oxygen atoms in total. The molecule has 168 valence electrons. The average molecular weight is 462 g/mol. The standard InChI is InChI=1S/C25H24ClN5O2/c1-13-8-9-19(27-12-13)29-23(32)15-10-18-21(16-11-25(3,4)33-22(15)16)31-24(28-18)30-20-14(2)6-5-7-17(20)26/h5-10,12H,11H2,1-4H3,(H,27,29,32)(H2,28,30,31). The maximum Gasteiger partial charge on any atom is 0.260 e. The lowest BCUT2D eigenvalue weighted by atomic mass is 9.99. The second-order valence-electron chi connectivity index (χ2n) is 8.98. The molecule has 1 aliphatic rings. The quantitative estimate of drug-likeness (QED) is 0.350. The Morgan fingerprint density at radius 3 is 2.76 bits per heavy atom. The molecule has 0 radical (unpaired) electrons. The summed E-state index contributed by atoms with van der Waals surface area (Å²) >= 11 is 6.38. The van der Waals surface area contributed by atoms with Crippen LogP contribution in [-0.2, 0) is 6.42 Å². The topological polar surface area (TPSA) is 91.9 Å². The number of fused-ring (bicyclic) bond motifs is 3. The Balaban J connectivity index is 1.56. The summed E-state index contributed by atoms with van der Waals surface area (Å²) in [5.41, 5.74) is 5.22. The van der Waals surface area contributed by atoms with E-state index in [1.807, 2.05) is 52.0 Å². The Hall–Kier alpha value is -3.58. The number of carbonyl (C=O) groups is 1. The van der Waals surface area contributed by atoms with Gasteiger partial charge in [0.1, 0.15) is 17.2 Å². The number of para-hydroxylation sites is 1. The van der Waals surface area contributed by atoms with Crippen molar-refractivity contribution >= 4 is 46.0 Å². The fourth-order valence-corrected chi connectivity index (χ4v) is 4.35. The maximum atomic E-state index is 13.2. The van der Waals surface area contributed by atoms with Gasteiger partial charge in [0.15, 0.2) is 0 Å². The zero-order valence-corrected chi connectivity index (χ0v) is 19.6. The highest BCUT2D eigenvalue weighted by Crippen LogP contribution is 2.42. The molecular weight excluding hydrogens is 438 g/mol. The molecule has 0 saturated carbocycles. The summed E-state index contributed by atoms with van der Waals surface area (Å²) in [5.74, 6) is 1.31. The molecule has 0 aliphatic carbocycles. The van der Waals surface area contributed by atoms with E-state index in [4.69, 9.17) is 21.3 Å². The molecule has 0 unspecified atom stereocenters. The van der Waals surface area contributed by atoms with E-state index >= 15 is 0 Å². The minimum Gasteiger partial charge on any atom is -0.486 e. The van der Waals surface area contributed by atoms with Gasteiger partial charge >= 0.3 is 0 Å². The number of benzene rings is 2. The molecule has 0 atom stereocenters. The SMILES string of the molecule is Cc1ccc(NC(=O)c2cc3[nH]c(Nc4c(C)cccc4Cl)nc3c3c2OC(C)(C)C3)nc1. The largest absolute Gasteiger partial charge is 0.486 e. The van der Waals surface area contributed by atoms with Crippen molar-refractivity contribution < 1.29 is 9.53 Å². The van der Waals surface area contributed by atoms with Gasteiger partial charge in [-0.2, -0.15) is 0 Å². The minimum atomic E-state index is -0.445. The Kier molecular flexibility index (Phi) is 5.01. The van der Waals surface area contributed by atoms with Crippen LogP contribution in [0.1, 0.15) is 40.9 Å². The number of pyridine rings is 1. The number of rotatable bonds is 4. The number of ether oxygens (including phenoxy) is 1. The van der Waals surface area contributed by atoms with Crippen molar-refractivity contribution in [1.82, 2.24) is 15.0 Å². The molecule has 0 spiro atoms. The first-order valence-corrected chi connectivity index (χ1v) is 11.1. The van der Waals surface area contributed by atoms with Crippen LogP contribution in [0.2, 0.25) is 5.02 Å². The molecule has 33 heavy (non-hydrogen) atoms. The zero-order chi connectivity index (χ0) is 23.3. The van der Waals surface area contributed by atoms with Gasteiger partial charge in [-0.15, -0.1) is 0 Å². The van der Waals surface area contributed by atoms with E-state index in [9.17, 15) is 4.79 Å². The van der Waals surface area contributed by atoms with Crippen molar-refractivity contribution in [2.45, 2.75) is 39.7 Å². The second-order valence-corrected chi connectivity index (χ2v) is 9.39. The Morgan fingerprint density at radius 1 is 1.21 bits per heavy atom. The first-order chi connectivity index (χ1) is 15.7. The molecule has 1 amide bonds. The summed E-state index contributed by atoms with van der Waals surface area (Å²) in [6, 6.07) is 11.2. The van der Waals surface area contributed by atoms with Crippen LogP contribution in [0.15, 0.2) is 42.6 Å². The number of nitrogens with one attached hydrogen (secondary N) is 3. The van der Waals surface area contributed by atoms with Crippen molar-refractivity contribution in [3.05, 3.63) is 69.9 Å². The van der Waals surface area contributed by atoms with Crippen LogP contribution in [0.3, 0.4) is 0 Å². The molecular formula is C25H24ClN5O2. The Bertz CT molecular complexity index is 1370. The molecule has 2 aromatic carbocycles. The number of anilines is 3. The van der Waals surface area contributed by atoms with Crippen LogP contribution < -0.4 is 15.4 Å². The van der Waals surface area contributed by atoms with Gasteiger partial charge in [-0.25, -0.2) is 9.97 Å². The molecule has 0 saturated heterocycles. The highest BCUT2D eigenvalue weighted by molar-refractivity contribution is 6.33. The lowest BCUT2D eigenvalue weighted by molar-refractivity contribution is 0.101. The number of aryl methyl sites for hydroxylation is 2. The predicted octanol–water partition coefficient (Wildman–Crippen LogP) is 5.94. The number of carbonyl (C=O) groups excluding carboxylic acids is 1. The van der Waals surface area contributed by atoms with Gasteiger partial charge in [0.05, 0.1) is 27.3 Å². The molecule has 3 N–H and O–H groups in total. The van der Waals surface area contributed by atoms with E-state index in [1.54, 1.807) is 18.3 Å². The summed E-state index contributed by atoms with van der Waals surface area (Å²) in [6.07, 6.45) is 2.35. The van der Waals surface area contributed by atoms with Crippen LogP contribution in [0, 0.1) is 13.8 Å². The van der Waals surface area contributed by atoms with Crippen LogP contribution in [0.4, 0.5) is 17.5 Å². The second kappa shape index (κ2) is 7.78. The van der Waals surface area contributed by atoms with Gasteiger partial charge in [0, 0.05) is 18.2 Å². The van der Waals surface area contributed by atoms with E-state index in [0.29, 0.717) is 34.5 Å². The third-order valence-electron chi connectivity index (χ3n) is 5.67. The monoisotopic (exact) mass is 461 g/mol. The van der Waals surface area contributed by atoms with Gasteiger partial charge in [-0.05, 0) is 57.0 Å². The van der Waals surface area contributed by atoms with E-state index < -0.39 is 5.60 Å². The smallest absolute Gasteiger partial charge is 0.260 e. The van der Waals surface area contributed by atoms with Crippen LogP contribution in [0.25, 0.3) is 11.0 Å². The fourth-order valence-electron chi connectivity index (χ4n) is 4.08. The van der Waals surface area contributed by atoms with E-state index in [-0.39, 0.29) is 5.91 Å². The number of aromatic nitrogens is 3. The molecule has 4 aromatic rings. The highest BCUT2D eigenvalue weighted by Gasteiger charge is 2.36. The molecule has 2 aromatic heterocycles. The van der Waals surface area contributed by atoms with Crippen molar-refractivity contribution in [3.63, 3.8) is 0 Å². The van der Waals surface area contributed by atoms with Crippen molar-refractivity contribution in [3.8, 4) is 5.75 Å². The summed E-state index contributed by atoms with van der Waals surface area (Å²) in [7, 11) is 0. The van der Waals surface area contributed by atoms with Gasteiger partial charge in [-0.1, -0.05) is 29.8 Å². The number of H-pyrrole nitrogens is 1. The van der Waals surface area contributed by atoms with Gasteiger partial charge in [0.2, 0.25) is 5.95 Å². The molecule has 0 bridgehead atoms. The van der Waals surface area contributed by atoms with Crippen LogP contribution in [0.5, 0.6) is 5.75 Å². The predicted molar refractivity (Wildman–Crippen MR) is 131 cm³/mol. The average Bonchev–Trinajstić information content (AvgIpc) is 3.31. The summed E-state index contributed by atoms with van der Waals surface area (Å²) in [4.78, 5) is 25.5. The molecule has 5 rings (SSSR count). The van der Waals surface area contributed by atoms with Gasteiger partial charge in [-0.3, -0.25) is 4.79 Å². The lowest BCUT2D eigenvalue weighted by Gasteiger charge is -2.18. The first-order valence-electron chi connectivity index (χ1n) is 10.7. The normalized spacial score (nSPS) is 14.1. The van der Waals surface area contributed by atoms with E-state index in [0.717, 1.165) is 33.4 Å². The number of hydrogen-bond acceptors (Lipinski definition) is 5. The number of aromatic amines is 1. The van der Waals surface area contributed by atoms with Crippen LogP contribution >= 0.6 is 11.6 Å². The first kappa shape index (κ1) is 21.3. The highest BCUT2D eigenvalue weighted by atomic mass is 35.5. The lowest BCUT2D eigenvalue weighted by Crippen LogP contribution is -2.25. The minimum absolute atomic E-state index is 0.284. The van der Waals surface area contributed by atoms with Gasteiger partial charge < -0.3 is 20.4 Å². The van der Waals surface area contributed by atoms with E-state index in [1.165, 1.54) is 0 Å². The maximum absolute atomic E-state index is 13.2. The molecule has 0 fully saturated rings.